The van der Waals surface area contributed by atoms with Gasteiger partial charge in [0.1, 0.15) is 5.82 Å². The van der Waals surface area contributed by atoms with Crippen LogP contribution in [-0.2, 0) is 27.8 Å². The van der Waals surface area contributed by atoms with Crippen LogP contribution in [0.5, 0.6) is 0 Å². The molecule has 1 atom stereocenters. The van der Waals surface area contributed by atoms with Gasteiger partial charge in [0.2, 0.25) is 15.9 Å². The average Bonchev–Trinajstić information content (AvgIpc) is 3.08. The lowest BCUT2D eigenvalue weighted by Gasteiger charge is -2.25. The minimum absolute atomic E-state index is 0.0124. The molecule has 0 radical (unpaired) electrons. The summed E-state index contributed by atoms with van der Waals surface area (Å²) in [5.74, 6) is 1.73. The molecule has 30 heavy (non-hydrogen) atoms. The summed E-state index contributed by atoms with van der Waals surface area (Å²) < 4.78 is 25.2. The summed E-state index contributed by atoms with van der Waals surface area (Å²) in [5.41, 5.74) is 2.58. The fraction of sp³-hybridized carbons (Fsp3) is 0.333. The molecule has 2 heterocycles. The molecule has 0 bridgehead atoms. The Morgan fingerprint density at radius 1 is 1.30 bits per heavy atom. The van der Waals surface area contributed by atoms with Crippen molar-refractivity contribution in [3.8, 4) is 0 Å². The van der Waals surface area contributed by atoms with Gasteiger partial charge < -0.3 is 9.88 Å². The number of rotatable bonds is 6. The van der Waals surface area contributed by atoms with Crippen molar-refractivity contribution >= 4 is 38.7 Å². The number of thioether (sulfide) groups is 1. The van der Waals surface area contributed by atoms with Crippen LogP contribution in [0.4, 0.5) is 0 Å². The number of carbonyl (C=O) groups is 1. The van der Waals surface area contributed by atoms with E-state index in [1.165, 1.54) is 22.6 Å². The molecule has 158 valence electrons. The van der Waals surface area contributed by atoms with E-state index in [2.05, 4.69) is 22.4 Å². The van der Waals surface area contributed by atoms with Crippen LogP contribution in [-0.4, -0.2) is 29.6 Å². The standard InChI is InChI=1S/C21H24N4O3S2/c1-2-25-18-8-7-14(30(22,27)28)13-17(18)23-20(25)9-10-21(26)24-16-11-12-29-19-6-4-3-5-15(16)19/h3-8,13,16H,2,9-12H2,1H3,(H,24,26)(H2,22,27,28). The molecule has 3 aromatic rings. The average molecular weight is 445 g/mol. The van der Waals surface area contributed by atoms with Crippen LogP contribution in [0.25, 0.3) is 11.0 Å². The second kappa shape index (κ2) is 8.41. The lowest BCUT2D eigenvalue weighted by Crippen LogP contribution is -2.31. The molecule has 0 saturated heterocycles. The maximum absolute atomic E-state index is 12.6. The number of benzene rings is 2. The Hall–Kier alpha value is -2.36. The van der Waals surface area contributed by atoms with Crippen LogP contribution in [0.3, 0.4) is 0 Å². The number of sulfonamides is 1. The predicted octanol–water partition coefficient (Wildman–Crippen LogP) is 2.99. The summed E-state index contributed by atoms with van der Waals surface area (Å²) in [6.07, 6.45) is 1.70. The van der Waals surface area contributed by atoms with Gasteiger partial charge in [-0.25, -0.2) is 18.5 Å². The first kappa shape index (κ1) is 20.9. The zero-order valence-electron chi connectivity index (χ0n) is 16.7. The quantitative estimate of drug-likeness (QED) is 0.608. The number of hydrogen-bond donors (Lipinski definition) is 2. The van der Waals surface area contributed by atoms with Crippen molar-refractivity contribution < 1.29 is 13.2 Å². The van der Waals surface area contributed by atoms with Crippen LogP contribution in [0.15, 0.2) is 52.3 Å². The van der Waals surface area contributed by atoms with Crippen molar-refractivity contribution in [3.05, 3.63) is 53.9 Å². The third kappa shape index (κ3) is 4.23. The maximum atomic E-state index is 12.6. The summed E-state index contributed by atoms with van der Waals surface area (Å²) in [6.45, 7) is 2.67. The number of primary sulfonamides is 1. The van der Waals surface area contributed by atoms with E-state index < -0.39 is 10.0 Å². The van der Waals surface area contributed by atoms with Gasteiger partial charge >= 0.3 is 0 Å². The Balaban J connectivity index is 1.49. The Bertz CT molecular complexity index is 1200. The summed E-state index contributed by atoms with van der Waals surface area (Å²) in [7, 11) is -3.79. The van der Waals surface area contributed by atoms with Gasteiger partial charge in [-0.05, 0) is 43.2 Å². The first-order valence-electron chi connectivity index (χ1n) is 9.90. The van der Waals surface area contributed by atoms with Gasteiger partial charge in [-0.2, -0.15) is 0 Å². The number of hydrogen-bond acceptors (Lipinski definition) is 5. The number of amides is 1. The number of carbonyl (C=O) groups excluding carboxylic acids is 1. The molecule has 7 nitrogen and oxygen atoms in total. The highest BCUT2D eigenvalue weighted by Crippen LogP contribution is 2.35. The number of nitrogens with two attached hydrogens (primary N) is 1. The molecule has 0 spiro atoms. The van der Waals surface area contributed by atoms with Gasteiger partial charge in [0, 0.05) is 30.0 Å². The van der Waals surface area contributed by atoms with E-state index in [4.69, 9.17) is 5.14 Å². The van der Waals surface area contributed by atoms with Crippen molar-refractivity contribution in [2.45, 2.75) is 48.6 Å². The Kier molecular flexibility index (Phi) is 5.86. The SMILES string of the molecule is CCn1c(CCC(=O)NC2CCSc3ccccc32)nc2cc(S(N)(=O)=O)ccc21. The molecule has 4 rings (SSSR count). The molecule has 3 N–H and O–H groups in total. The monoisotopic (exact) mass is 444 g/mol. The third-order valence-electron chi connectivity index (χ3n) is 5.31. The minimum atomic E-state index is -3.79. The van der Waals surface area contributed by atoms with Gasteiger partial charge in [0.05, 0.1) is 22.0 Å². The van der Waals surface area contributed by atoms with Crippen molar-refractivity contribution in [2.75, 3.05) is 5.75 Å². The van der Waals surface area contributed by atoms with Gasteiger partial charge in [0.25, 0.3) is 0 Å². The number of nitrogens with one attached hydrogen (secondary N) is 1. The number of fused-ring (bicyclic) bond motifs is 2. The molecule has 0 fully saturated rings. The maximum Gasteiger partial charge on any atom is 0.238 e. The van der Waals surface area contributed by atoms with E-state index in [0.29, 0.717) is 24.9 Å². The van der Waals surface area contributed by atoms with Gasteiger partial charge in [-0.1, -0.05) is 18.2 Å². The first-order valence-corrected chi connectivity index (χ1v) is 12.4. The number of imidazole rings is 1. The molecule has 2 aromatic carbocycles. The highest BCUT2D eigenvalue weighted by atomic mass is 32.2. The molecular weight excluding hydrogens is 420 g/mol. The molecule has 1 unspecified atom stereocenters. The van der Waals surface area contributed by atoms with Crippen LogP contribution in [0.2, 0.25) is 0 Å². The van der Waals surface area contributed by atoms with Crippen LogP contribution in [0, 0.1) is 0 Å². The summed E-state index contributed by atoms with van der Waals surface area (Å²) in [6, 6.07) is 12.9. The summed E-state index contributed by atoms with van der Waals surface area (Å²) in [4.78, 5) is 18.5. The lowest BCUT2D eigenvalue weighted by atomic mass is 10.0. The molecule has 9 heteroatoms. The van der Waals surface area contributed by atoms with Crippen LogP contribution < -0.4 is 10.5 Å². The molecule has 0 aliphatic carbocycles. The Morgan fingerprint density at radius 2 is 2.10 bits per heavy atom. The first-order chi connectivity index (χ1) is 14.4. The van der Waals surface area contributed by atoms with Crippen molar-refractivity contribution in [1.29, 1.82) is 0 Å². The van der Waals surface area contributed by atoms with Crippen LogP contribution in [0.1, 0.15) is 37.2 Å². The summed E-state index contributed by atoms with van der Waals surface area (Å²) in [5, 5.41) is 8.39. The summed E-state index contributed by atoms with van der Waals surface area (Å²) >= 11 is 1.82. The second-order valence-corrected chi connectivity index (χ2v) is 9.96. The predicted molar refractivity (Wildman–Crippen MR) is 118 cm³/mol. The topological polar surface area (TPSA) is 107 Å². The molecule has 1 aliphatic rings. The lowest BCUT2D eigenvalue weighted by molar-refractivity contribution is -0.121. The van der Waals surface area contributed by atoms with E-state index in [1.54, 1.807) is 6.07 Å². The van der Waals surface area contributed by atoms with Crippen LogP contribution >= 0.6 is 11.8 Å². The van der Waals surface area contributed by atoms with E-state index >= 15 is 0 Å². The van der Waals surface area contributed by atoms with E-state index in [1.807, 2.05) is 35.4 Å². The fourth-order valence-electron chi connectivity index (χ4n) is 3.86. The number of aryl methyl sites for hydroxylation is 2. The molecule has 1 aliphatic heterocycles. The van der Waals surface area contributed by atoms with Crippen molar-refractivity contribution in [1.82, 2.24) is 14.9 Å². The van der Waals surface area contributed by atoms with E-state index in [0.717, 1.165) is 23.5 Å². The highest BCUT2D eigenvalue weighted by molar-refractivity contribution is 7.99. The van der Waals surface area contributed by atoms with Gasteiger partial charge in [0.15, 0.2) is 0 Å². The second-order valence-electron chi connectivity index (χ2n) is 7.26. The molecule has 0 saturated carbocycles. The smallest absolute Gasteiger partial charge is 0.238 e. The number of nitrogens with zero attached hydrogens (tertiary/aromatic N) is 2. The highest BCUT2D eigenvalue weighted by Gasteiger charge is 2.22. The van der Waals surface area contributed by atoms with Crippen molar-refractivity contribution in [2.24, 2.45) is 5.14 Å². The molecule has 1 aromatic heterocycles. The molecule has 1 amide bonds. The van der Waals surface area contributed by atoms with Crippen molar-refractivity contribution in [3.63, 3.8) is 0 Å². The normalized spacial score (nSPS) is 16.4. The van der Waals surface area contributed by atoms with E-state index in [-0.39, 0.29) is 16.8 Å². The zero-order chi connectivity index (χ0) is 21.3. The Morgan fingerprint density at radius 3 is 2.87 bits per heavy atom. The van der Waals surface area contributed by atoms with E-state index in [9.17, 15) is 13.2 Å². The molecular formula is C21H24N4O3S2. The van der Waals surface area contributed by atoms with Gasteiger partial charge in [-0.3, -0.25) is 4.79 Å². The number of aromatic nitrogens is 2. The third-order valence-corrected chi connectivity index (χ3v) is 7.35. The largest absolute Gasteiger partial charge is 0.349 e. The Labute approximate surface area is 180 Å². The zero-order valence-corrected chi connectivity index (χ0v) is 18.3. The van der Waals surface area contributed by atoms with Gasteiger partial charge in [-0.15, -0.1) is 11.8 Å². The fourth-order valence-corrected chi connectivity index (χ4v) is 5.52. The minimum Gasteiger partial charge on any atom is -0.349 e.